The summed E-state index contributed by atoms with van der Waals surface area (Å²) in [4.78, 5) is 97.9. The lowest BCUT2D eigenvalue weighted by Crippen LogP contribution is -2.54. The lowest BCUT2D eigenvalue weighted by molar-refractivity contribution is -0.136. The van der Waals surface area contributed by atoms with Crippen LogP contribution in [0.25, 0.3) is 11.0 Å². The number of nitrogens with one attached hydrogen (secondary N) is 1. The molecular weight excluding hydrogens is 779 g/mol. The van der Waals surface area contributed by atoms with Gasteiger partial charge in [-0.3, -0.25) is 48.9 Å². The van der Waals surface area contributed by atoms with Gasteiger partial charge in [-0.25, -0.2) is 9.97 Å². The number of hydrogen-bond acceptors (Lipinski definition) is 12. The Morgan fingerprint density at radius 2 is 1.67 bits per heavy atom. The number of imide groups is 2. The second-order valence-corrected chi connectivity index (χ2v) is 16.7. The molecule has 320 valence electrons. The summed E-state index contributed by atoms with van der Waals surface area (Å²) in [5, 5.41) is 3.07. The Hall–Kier alpha value is -6.03. The fraction of sp³-hybridized carbons (Fsp3) is 0.489. The van der Waals surface area contributed by atoms with E-state index in [4.69, 9.17) is 14.7 Å². The van der Waals surface area contributed by atoms with Crippen LogP contribution in [0, 0.1) is 0 Å². The number of hydrogen-bond donors (Lipinski definition) is 1. The predicted molar refractivity (Wildman–Crippen MR) is 225 cm³/mol. The minimum absolute atomic E-state index is 0.0178. The van der Waals surface area contributed by atoms with Crippen LogP contribution < -0.4 is 15.0 Å². The van der Waals surface area contributed by atoms with Crippen molar-refractivity contribution in [1.29, 1.82) is 0 Å². The van der Waals surface area contributed by atoms with Crippen LogP contribution in [0.5, 0.6) is 5.75 Å². The Balaban J connectivity index is 0.738. The number of aromatic nitrogens is 4. The second-order valence-electron chi connectivity index (χ2n) is 16.7. The van der Waals surface area contributed by atoms with E-state index in [0.29, 0.717) is 24.4 Å². The molecule has 4 aromatic rings. The first-order valence-corrected chi connectivity index (χ1v) is 21.6. The van der Waals surface area contributed by atoms with Crippen molar-refractivity contribution in [3.63, 3.8) is 0 Å². The van der Waals surface area contributed by atoms with Crippen molar-refractivity contribution in [3.8, 4) is 5.75 Å². The molecule has 6 heterocycles. The predicted octanol–water partition coefficient (Wildman–Crippen LogP) is 4.36. The second kappa shape index (κ2) is 18.3. The van der Waals surface area contributed by atoms with Crippen LogP contribution >= 0.6 is 0 Å². The number of rotatable bonds is 16. The molecule has 5 amide bonds. The van der Waals surface area contributed by atoms with E-state index in [1.807, 2.05) is 18.5 Å². The van der Waals surface area contributed by atoms with Gasteiger partial charge >= 0.3 is 0 Å². The van der Waals surface area contributed by atoms with Gasteiger partial charge in [-0.1, -0.05) is 31.7 Å². The molecule has 16 nitrogen and oxygen atoms in total. The number of piperazine rings is 1. The zero-order chi connectivity index (χ0) is 42.6. The molecule has 3 fully saturated rings. The highest BCUT2D eigenvalue weighted by atomic mass is 16.5. The number of unbranched alkanes of at least 4 members (excludes halogenated alkanes) is 3. The molecule has 3 aromatic heterocycles. The summed E-state index contributed by atoms with van der Waals surface area (Å²) in [6, 6.07) is 9.93. The van der Waals surface area contributed by atoms with E-state index in [1.165, 1.54) is 6.07 Å². The third kappa shape index (κ3) is 9.04. The van der Waals surface area contributed by atoms with E-state index < -0.39 is 29.7 Å². The summed E-state index contributed by atoms with van der Waals surface area (Å²) >= 11 is 0. The molecule has 4 aliphatic rings. The number of anilines is 1. The number of carbonyl (C=O) groups excluding carboxylic acids is 6. The van der Waals surface area contributed by atoms with Crippen LogP contribution in [0.2, 0.25) is 0 Å². The zero-order valence-electron chi connectivity index (χ0n) is 34.9. The van der Waals surface area contributed by atoms with Crippen molar-refractivity contribution in [2.45, 2.75) is 89.1 Å². The highest BCUT2D eigenvalue weighted by Crippen LogP contribution is 2.36. The Morgan fingerprint density at radius 1 is 0.885 bits per heavy atom. The summed E-state index contributed by atoms with van der Waals surface area (Å²) in [5.74, 6) is -1.69. The third-order valence-electron chi connectivity index (χ3n) is 12.3. The average Bonchev–Trinajstić information content (AvgIpc) is 3.98. The topological polar surface area (TPSA) is 180 Å². The Bertz CT molecular complexity index is 2330. The van der Waals surface area contributed by atoms with Gasteiger partial charge in [0.15, 0.2) is 5.78 Å². The molecular formula is C45H53N9O7. The fourth-order valence-corrected chi connectivity index (χ4v) is 9.00. The molecule has 61 heavy (non-hydrogen) atoms. The average molecular weight is 832 g/mol. The third-order valence-corrected chi connectivity index (χ3v) is 12.3. The maximum absolute atomic E-state index is 13.3. The number of amides is 5. The number of ketones is 1. The molecule has 1 unspecified atom stereocenters. The number of Topliss-reactive ketones (excluding diaryl/α,β-unsaturated/α-hetero) is 1. The molecule has 8 rings (SSSR count). The SMILES string of the molecule is CN(C)C(=O)c1cc2cnc(Cc3ccc(N4CCN(CCCCCCC(=O)COc5cccc6c5C(=O)N(C5CCC(=O)NC5=O)C6=O)CC4)cn3)nc2n1C1CCCC1. The number of pyridine rings is 1. The number of piperidine rings is 1. The van der Waals surface area contributed by atoms with Crippen LogP contribution in [-0.4, -0.2) is 129 Å². The molecule has 1 saturated carbocycles. The van der Waals surface area contributed by atoms with Crippen molar-refractivity contribution in [3.05, 3.63) is 77.1 Å². The number of carbonyl (C=O) groups is 6. The van der Waals surface area contributed by atoms with Crippen molar-refractivity contribution in [1.82, 2.24) is 39.5 Å². The van der Waals surface area contributed by atoms with E-state index in [2.05, 4.69) is 36.8 Å². The Labute approximate surface area is 354 Å². The monoisotopic (exact) mass is 831 g/mol. The van der Waals surface area contributed by atoms with Crippen LogP contribution in [0.15, 0.2) is 48.8 Å². The quantitative estimate of drug-likeness (QED) is 0.125. The lowest BCUT2D eigenvalue weighted by Gasteiger charge is -2.36. The molecule has 2 saturated heterocycles. The molecule has 0 bridgehead atoms. The van der Waals surface area contributed by atoms with Crippen LogP contribution in [-0.2, 0) is 20.8 Å². The van der Waals surface area contributed by atoms with Crippen molar-refractivity contribution in [2.24, 2.45) is 0 Å². The summed E-state index contributed by atoms with van der Waals surface area (Å²) in [7, 11) is 3.56. The van der Waals surface area contributed by atoms with Gasteiger partial charge in [0.2, 0.25) is 11.8 Å². The highest BCUT2D eigenvalue weighted by Gasteiger charge is 2.46. The van der Waals surface area contributed by atoms with E-state index >= 15 is 0 Å². The van der Waals surface area contributed by atoms with Gasteiger partial charge in [0.05, 0.1) is 29.4 Å². The normalized spacial score (nSPS) is 18.6. The fourth-order valence-electron chi connectivity index (χ4n) is 9.00. The van der Waals surface area contributed by atoms with Gasteiger partial charge in [-0.05, 0) is 69.0 Å². The van der Waals surface area contributed by atoms with Crippen LogP contribution in [0.3, 0.4) is 0 Å². The van der Waals surface area contributed by atoms with Gasteiger partial charge in [-0.2, -0.15) is 0 Å². The number of nitrogens with zero attached hydrogens (tertiary/aromatic N) is 8. The largest absolute Gasteiger partial charge is 0.485 e. The van der Waals surface area contributed by atoms with E-state index in [-0.39, 0.29) is 54.1 Å². The van der Waals surface area contributed by atoms with Crippen LogP contribution in [0.4, 0.5) is 5.69 Å². The van der Waals surface area contributed by atoms with E-state index in [0.717, 1.165) is 111 Å². The van der Waals surface area contributed by atoms with Gasteiger partial charge in [0, 0.05) is 76.4 Å². The lowest BCUT2D eigenvalue weighted by atomic mass is 10.0. The molecule has 16 heteroatoms. The van der Waals surface area contributed by atoms with Crippen molar-refractivity contribution < 1.29 is 33.5 Å². The van der Waals surface area contributed by atoms with Crippen molar-refractivity contribution in [2.75, 3.05) is 58.3 Å². The Morgan fingerprint density at radius 3 is 2.41 bits per heavy atom. The molecule has 1 atom stereocenters. The summed E-state index contributed by atoms with van der Waals surface area (Å²) in [5.41, 5.74) is 3.65. The zero-order valence-corrected chi connectivity index (χ0v) is 34.9. The summed E-state index contributed by atoms with van der Waals surface area (Å²) < 4.78 is 7.89. The smallest absolute Gasteiger partial charge is 0.270 e. The maximum atomic E-state index is 13.3. The van der Waals surface area contributed by atoms with E-state index in [1.54, 1.807) is 31.1 Å². The Kier molecular flexibility index (Phi) is 12.5. The standard InChI is InChI=1S/C45H53N9O7/c1-50(2)44(59)36-24-29-26-47-38(48-41(29)53(36)31-10-6-7-11-31)25-30-15-16-32(27-46-30)52-22-20-51(21-23-52)19-8-4-3-5-12-33(55)28-61-37-14-9-13-34-40(37)45(60)54(43(34)58)35-17-18-39(56)49-42(35)57/h9,13-16,24,26-27,31,35H,3-8,10-12,17-23,25,28H2,1-2H3,(H,49,56,57). The van der Waals surface area contributed by atoms with E-state index in [9.17, 15) is 28.8 Å². The van der Waals surface area contributed by atoms with Gasteiger partial charge in [-0.15, -0.1) is 0 Å². The van der Waals surface area contributed by atoms with Gasteiger partial charge in [0.25, 0.3) is 17.7 Å². The minimum Gasteiger partial charge on any atom is -0.485 e. The molecule has 1 aliphatic carbocycles. The first-order valence-electron chi connectivity index (χ1n) is 21.6. The van der Waals surface area contributed by atoms with Gasteiger partial charge in [0.1, 0.15) is 35.6 Å². The first kappa shape index (κ1) is 41.7. The molecule has 1 N–H and O–H groups in total. The van der Waals surface area contributed by atoms with Crippen molar-refractivity contribution >= 4 is 52.0 Å². The van der Waals surface area contributed by atoms with Crippen LogP contribution in [0.1, 0.15) is 119 Å². The maximum Gasteiger partial charge on any atom is 0.270 e. The summed E-state index contributed by atoms with van der Waals surface area (Å²) in [6.07, 6.45) is 12.9. The molecule has 3 aliphatic heterocycles. The first-order chi connectivity index (χ1) is 29.5. The number of ether oxygens (including phenoxy) is 1. The minimum atomic E-state index is -1.07. The van der Waals surface area contributed by atoms with Gasteiger partial charge < -0.3 is 19.1 Å². The highest BCUT2D eigenvalue weighted by molar-refractivity contribution is 6.24. The summed E-state index contributed by atoms with van der Waals surface area (Å²) in [6.45, 7) is 4.55. The number of benzene rings is 1. The number of fused-ring (bicyclic) bond motifs is 2. The molecule has 0 spiro atoms. The molecule has 0 radical (unpaired) electrons. The molecule has 1 aromatic carbocycles.